The van der Waals surface area contributed by atoms with E-state index in [0.717, 1.165) is 4.31 Å². The second kappa shape index (κ2) is 9.14. The molecule has 1 aromatic carbocycles. The van der Waals surface area contributed by atoms with Crippen molar-refractivity contribution in [2.75, 3.05) is 46.8 Å². The molecule has 1 heterocycles. The lowest BCUT2D eigenvalue weighted by Crippen LogP contribution is -2.49. The van der Waals surface area contributed by atoms with E-state index in [9.17, 15) is 18.0 Å². The summed E-state index contributed by atoms with van der Waals surface area (Å²) >= 11 is 0. The predicted molar refractivity (Wildman–Crippen MR) is 96.3 cm³/mol. The standard InChI is InChI=1S/C15H22N4O4S.ClH/c1-16-6-8-18(2)15(21)12-4-3-5-13(10-12)24(22,23)19-9-7-17-14(20)11-19;/h3-5,10,16H,6-9,11H2,1-2H3,(H,17,20);1H. The molecule has 10 heteroatoms. The van der Waals surface area contributed by atoms with Gasteiger partial charge in [-0.25, -0.2) is 8.42 Å². The van der Waals surface area contributed by atoms with Gasteiger partial charge in [-0.15, -0.1) is 12.4 Å². The summed E-state index contributed by atoms with van der Waals surface area (Å²) in [4.78, 5) is 25.4. The molecule has 0 aliphatic carbocycles. The second-order valence-electron chi connectivity index (χ2n) is 5.55. The van der Waals surface area contributed by atoms with E-state index in [2.05, 4.69) is 10.6 Å². The highest BCUT2D eigenvalue weighted by molar-refractivity contribution is 7.89. The lowest BCUT2D eigenvalue weighted by atomic mass is 10.2. The van der Waals surface area contributed by atoms with E-state index in [1.54, 1.807) is 20.2 Å². The average molecular weight is 391 g/mol. The zero-order valence-electron chi connectivity index (χ0n) is 14.2. The molecule has 1 saturated heterocycles. The molecule has 0 spiro atoms. The topological polar surface area (TPSA) is 98.8 Å². The van der Waals surface area contributed by atoms with E-state index in [-0.39, 0.29) is 48.8 Å². The Kier molecular flexibility index (Phi) is 7.81. The molecule has 0 unspecified atom stereocenters. The molecular formula is C15H23ClN4O4S. The molecule has 1 aromatic rings. The van der Waals surface area contributed by atoms with Crippen LogP contribution in [0.3, 0.4) is 0 Å². The van der Waals surface area contributed by atoms with E-state index < -0.39 is 10.0 Å². The van der Waals surface area contributed by atoms with Crippen molar-refractivity contribution in [1.82, 2.24) is 19.8 Å². The van der Waals surface area contributed by atoms with Crippen molar-refractivity contribution in [1.29, 1.82) is 0 Å². The maximum Gasteiger partial charge on any atom is 0.253 e. The van der Waals surface area contributed by atoms with Crippen molar-refractivity contribution in [2.45, 2.75) is 4.90 Å². The van der Waals surface area contributed by atoms with Crippen LogP contribution in [0.5, 0.6) is 0 Å². The number of amides is 2. The van der Waals surface area contributed by atoms with Crippen LogP contribution in [-0.4, -0.2) is 76.3 Å². The van der Waals surface area contributed by atoms with E-state index in [1.165, 1.54) is 23.1 Å². The number of carbonyl (C=O) groups is 2. The molecule has 0 saturated carbocycles. The Bertz CT molecular complexity index is 726. The Balaban J connectivity index is 0.00000312. The van der Waals surface area contributed by atoms with E-state index in [0.29, 0.717) is 18.7 Å². The van der Waals surface area contributed by atoms with Gasteiger partial charge >= 0.3 is 0 Å². The third-order valence-electron chi connectivity index (χ3n) is 3.77. The van der Waals surface area contributed by atoms with Gasteiger partial charge in [0, 0.05) is 38.8 Å². The molecule has 1 fully saturated rings. The van der Waals surface area contributed by atoms with Crippen LogP contribution in [0.1, 0.15) is 10.4 Å². The van der Waals surface area contributed by atoms with Crippen LogP contribution in [0.2, 0.25) is 0 Å². The summed E-state index contributed by atoms with van der Waals surface area (Å²) in [5.74, 6) is -0.581. The first-order chi connectivity index (χ1) is 11.4. The average Bonchev–Trinajstić information content (AvgIpc) is 2.59. The fourth-order valence-electron chi connectivity index (χ4n) is 2.36. The monoisotopic (exact) mass is 390 g/mol. The molecule has 140 valence electrons. The SMILES string of the molecule is CNCCN(C)C(=O)c1cccc(S(=O)(=O)N2CCNC(=O)C2)c1.Cl. The van der Waals surface area contributed by atoms with Crippen LogP contribution < -0.4 is 10.6 Å². The number of nitrogens with one attached hydrogen (secondary N) is 2. The molecule has 2 rings (SSSR count). The van der Waals surface area contributed by atoms with Crippen LogP contribution >= 0.6 is 12.4 Å². The first-order valence-corrected chi connectivity index (χ1v) is 9.07. The zero-order chi connectivity index (χ0) is 17.7. The number of hydrogen-bond donors (Lipinski definition) is 2. The quantitative estimate of drug-likeness (QED) is 0.683. The molecule has 25 heavy (non-hydrogen) atoms. The maximum absolute atomic E-state index is 12.7. The van der Waals surface area contributed by atoms with Gasteiger partial charge in [-0.1, -0.05) is 6.07 Å². The Morgan fingerprint density at radius 2 is 2.12 bits per heavy atom. The van der Waals surface area contributed by atoms with Gasteiger partial charge in [0.25, 0.3) is 5.91 Å². The van der Waals surface area contributed by atoms with Gasteiger partial charge in [0.1, 0.15) is 0 Å². The van der Waals surface area contributed by atoms with Gasteiger partial charge in [0.2, 0.25) is 15.9 Å². The van der Waals surface area contributed by atoms with Gasteiger partial charge in [-0.2, -0.15) is 4.31 Å². The molecule has 1 aliphatic heterocycles. The maximum atomic E-state index is 12.7. The molecule has 0 radical (unpaired) electrons. The number of hydrogen-bond acceptors (Lipinski definition) is 5. The third-order valence-corrected chi connectivity index (χ3v) is 5.61. The van der Waals surface area contributed by atoms with Crippen molar-refractivity contribution in [3.8, 4) is 0 Å². The Hall–Kier alpha value is -1.68. The molecule has 1 aliphatic rings. The summed E-state index contributed by atoms with van der Waals surface area (Å²) in [5.41, 5.74) is 0.302. The van der Waals surface area contributed by atoms with Crippen LogP contribution in [0, 0.1) is 0 Å². The number of benzene rings is 1. The van der Waals surface area contributed by atoms with E-state index in [4.69, 9.17) is 0 Å². The fraction of sp³-hybridized carbons (Fsp3) is 0.467. The van der Waals surface area contributed by atoms with Crippen molar-refractivity contribution in [3.05, 3.63) is 29.8 Å². The molecule has 0 atom stereocenters. The number of nitrogens with zero attached hydrogens (tertiary/aromatic N) is 2. The molecule has 8 nitrogen and oxygen atoms in total. The summed E-state index contributed by atoms with van der Waals surface area (Å²) in [7, 11) is -0.350. The lowest BCUT2D eigenvalue weighted by molar-refractivity contribution is -0.122. The normalized spacial score (nSPS) is 15.2. The van der Waals surface area contributed by atoms with Gasteiger partial charge < -0.3 is 15.5 Å². The molecule has 2 N–H and O–H groups in total. The second-order valence-corrected chi connectivity index (χ2v) is 7.48. The van der Waals surface area contributed by atoms with Crippen molar-refractivity contribution < 1.29 is 18.0 Å². The smallest absolute Gasteiger partial charge is 0.253 e. The van der Waals surface area contributed by atoms with Gasteiger partial charge in [0.15, 0.2) is 0 Å². The zero-order valence-corrected chi connectivity index (χ0v) is 15.8. The Morgan fingerprint density at radius 3 is 2.76 bits per heavy atom. The predicted octanol–water partition coefficient (Wildman–Crippen LogP) is -0.480. The fourth-order valence-corrected chi connectivity index (χ4v) is 3.80. The first kappa shape index (κ1) is 21.4. The summed E-state index contributed by atoms with van der Waals surface area (Å²) in [6, 6.07) is 5.92. The minimum Gasteiger partial charge on any atom is -0.354 e. The number of sulfonamides is 1. The van der Waals surface area contributed by atoms with Crippen LogP contribution in [0.15, 0.2) is 29.2 Å². The van der Waals surface area contributed by atoms with E-state index >= 15 is 0 Å². The van der Waals surface area contributed by atoms with Crippen molar-refractivity contribution >= 4 is 34.2 Å². The minimum absolute atomic E-state index is 0. The van der Waals surface area contributed by atoms with Gasteiger partial charge in [-0.3, -0.25) is 9.59 Å². The first-order valence-electron chi connectivity index (χ1n) is 7.63. The number of likely N-dealkylation sites (N-methyl/N-ethyl adjacent to an activating group) is 2. The summed E-state index contributed by atoms with van der Waals surface area (Å²) < 4.78 is 26.4. The van der Waals surface area contributed by atoms with Crippen LogP contribution in [-0.2, 0) is 14.8 Å². The Labute approximate surface area is 154 Å². The molecule has 0 bridgehead atoms. The largest absolute Gasteiger partial charge is 0.354 e. The number of halogens is 1. The lowest BCUT2D eigenvalue weighted by Gasteiger charge is -2.26. The highest BCUT2D eigenvalue weighted by atomic mass is 35.5. The number of piperazine rings is 1. The van der Waals surface area contributed by atoms with Gasteiger partial charge in [0.05, 0.1) is 11.4 Å². The summed E-state index contributed by atoms with van der Waals surface area (Å²) in [5, 5.41) is 5.54. The molecular weight excluding hydrogens is 368 g/mol. The molecule has 0 aromatic heterocycles. The highest BCUT2D eigenvalue weighted by Gasteiger charge is 2.29. The van der Waals surface area contributed by atoms with Gasteiger partial charge in [-0.05, 0) is 25.2 Å². The molecule has 2 amide bonds. The number of carbonyl (C=O) groups excluding carboxylic acids is 2. The minimum atomic E-state index is -3.80. The van der Waals surface area contributed by atoms with Crippen molar-refractivity contribution in [3.63, 3.8) is 0 Å². The summed E-state index contributed by atoms with van der Waals surface area (Å²) in [6.07, 6.45) is 0. The number of rotatable bonds is 6. The third kappa shape index (κ3) is 5.15. The van der Waals surface area contributed by atoms with Crippen LogP contribution in [0.25, 0.3) is 0 Å². The van der Waals surface area contributed by atoms with E-state index in [1.807, 2.05) is 0 Å². The van der Waals surface area contributed by atoms with Crippen LogP contribution in [0.4, 0.5) is 0 Å². The van der Waals surface area contributed by atoms with Crippen molar-refractivity contribution in [2.24, 2.45) is 0 Å². The highest BCUT2D eigenvalue weighted by Crippen LogP contribution is 2.18. The summed E-state index contributed by atoms with van der Waals surface area (Å²) in [6.45, 7) is 1.45. The Morgan fingerprint density at radius 1 is 1.40 bits per heavy atom.